The van der Waals surface area contributed by atoms with Gasteiger partial charge in [-0.05, 0) is 57.0 Å². The molecule has 1 aromatic rings. The van der Waals surface area contributed by atoms with E-state index in [0.717, 1.165) is 19.0 Å². The Bertz CT molecular complexity index is 499. The summed E-state index contributed by atoms with van der Waals surface area (Å²) in [6.07, 6.45) is 2.48. The van der Waals surface area contributed by atoms with Gasteiger partial charge in [0.05, 0.1) is 10.0 Å². The molecule has 0 aliphatic carbocycles. The van der Waals surface area contributed by atoms with E-state index in [-0.39, 0.29) is 5.91 Å². The maximum atomic E-state index is 12.1. The van der Waals surface area contributed by atoms with Crippen molar-refractivity contribution in [1.29, 1.82) is 0 Å². The molecule has 5 heteroatoms. The zero-order chi connectivity index (χ0) is 15.4. The Morgan fingerprint density at radius 3 is 2.62 bits per heavy atom. The van der Waals surface area contributed by atoms with Gasteiger partial charge in [0.15, 0.2) is 0 Å². The third kappa shape index (κ3) is 4.60. The van der Waals surface area contributed by atoms with Gasteiger partial charge in [-0.3, -0.25) is 9.69 Å². The van der Waals surface area contributed by atoms with Crippen molar-refractivity contribution in [2.24, 2.45) is 5.92 Å². The number of carbonyl (C=O) groups excluding carboxylic acids is 1. The topological polar surface area (TPSA) is 32.3 Å². The molecule has 1 saturated heterocycles. The molecule has 1 aliphatic heterocycles. The molecular formula is C16H22Cl2N2O. The van der Waals surface area contributed by atoms with Gasteiger partial charge in [0, 0.05) is 18.2 Å². The molecule has 1 amide bonds. The van der Waals surface area contributed by atoms with Crippen LogP contribution in [0.2, 0.25) is 10.0 Å². The van der Waals surface area contributed by atoms with E-state index < -0.39 is 0 Å². The quantitative estimate of drug-likeness (QED) is 0.910. The Morgan fingerprint density at radius 2 is 2.00 bits per heavy atom. The molecular weight excluding hydrogens is 307 g/mol. The molecule has 1 fully saturated rings. The minimum atomic E-state index is -0.106. The second-order valence-electron chi connectivity index (χ2n) is 5.91. The van der Waals surface area contributed by atoms with Gasteiger partial charge in [0.25, 0.3) is 5.91 Å². The molecule has 0 aromatic heterocycles. The van der Waals surface area contributed by atoms with Crippen LogP contribution in [-0.2, 0) is 0 Å². The number of hydrogen-bond acceptors (Lipinski definition) is 2. The Labute approximate surface area is 136 Å². The summed E-state index contributed by atoms with van der Waals surface area (Å²) in [5, 5.41) is 3.84. The fraction of sp³-hybridized carbons (Fsp3) is 0.562. The molecule has 21 heavy (non-hydrogen) atoms. The second-order valence-corrected chi connectivity index (χ2v) is 6.72. The predicted octanol–water partition coefficient (Wildman–Crippen LogP) is 3.84. The lowest BCUT2D eigenvalue weighted by Gasteiger charge is -2.35. The van der Waals surface area contributed by atoms with Crippen molar-refractivity contribution in [2.45, 2.75) is 32.7 Å². The first kappa shape index (κ1) is 16.6. The minimum Gasteiger partial charge on any atom is -0.350 e. The first-order valence-electron chi connectivity index (χ1n) is 7.44. The molecule has 2 rings (SSSR count). The van der Waals surface area contributed by atoms with Crippen LogP contribution in [0.3, 0.4) is 0 Å². The summed E-state index contributed by atoms with van der Waals surface area (Å²) in [5.74, 6) is 0.713. The van der Waals surface area contributed by atoms with Crippen LogP contribution in [0.4, 0.5) is 0 Å². The van der Waals surface area contributed by atoms with Crippen molar-refractivity contribution in [2.75, 3.05) is 19.6 Å². The molecule has 116 valence electrons. The summed E-state index contributed by atoms with van der Waals surface area (Å²) in [5.41, 5.74) is 0.545. The van der Waals surface area contributed by atoms with E-state index in [0.29, 0.717) is 28.2 Å². The van der Waals surface area contributed by atoms with Crippen LogP contribution in [0, 0.1) is 5.92 Å². The Kier molecular flexibility index (Phi) is 5.91. The molecule has 0 radical (unpaired) electrons. The van der Waals surface area contributed by atoms with Gasteiger partial charge >= 0.3 is 0 Å². The fourth-order valence-electron chi connectivity index (χ4n) is 2.58. The van der Waals surface area contributed by atoms with E-state index in [4.69, 9.17) is 23.2 Å². The molecule has 1 heterocycles. The number of nitrogens with one attached hydrogen (secondary N) is 1. The molecule has 0 bridgehead atoms. The maximum absolute atomic E-state index is 12.1. The second kappa shape index (κ2) is 7.48. The first-order chi connectivity index (χ1) is 9.97. The highest BCUT2D eigenvalue weighted by atomic mass is 35.5. The Balaban J connectivity index is 1.84. The van der Waals surface area contributed by atoms with E-state index in [1.165, 1.54) is 12.8 Å². The summed E-state index contributed by atoms with van der Waals surface area (Å²) in [4.78, 5) is 14.6. The summed E-state index contributed by atoms with van der Waals surface area (Å²) in [6.45, 7) is 7.34. The number of nitrogens with zero attached hydrogens (tertiary/aromatic N) is 1. The number of benzene rings is 1. The monoisotopic (exact) mass is 328 g/mol. The van der Waals surface area contributed by atoms with Crippen LogP contribution in [0.5, 0.6) is 0 Å². The third-order valence-electron chi connectivity index (χ3n) is 4.18. The average molecular weight is 329 g/mol. The van der Waals surface area contributed by atoms with Crippen LogP contribution < -0.4 is 5.32 Å². The zero-order valence-electron chi connectivity index (χ0n) is 12.5. The summed E-state index contributed by atoms with van der Waals surface area (Å²) < 4.78 is 0. The van der Waals surface area contributed by atoms with Gasteiger partial charge in [-0.25, -0.2) is 0 Å². The standard InChI is InChI=1S/C16H22Cl2N2O/c1-11-5-7-20(8-6-11)12(2)10-19-16(21)13-3-4-14(17)15(18)9-13/h3-4,9,11-12H,5-8,10H2,1-2H3,(H,19,21). The van der Waals surface area contributed by atoms with Gasteiger partial charge < -0.3 is 5.32 Å². The normalized spacial score (nSPS) is 18.5. The van der Waals surface area contributed by atoms with E-state index in [1.807, 2.05) is 0 Å². The number of piperidine rings is 1. The number of likely N-dealkylation sites (tertiary alicyclic amines) is 1. The lowest BCUT2D eigenvalue weighted by molar-refractivity contribution is 0.0921. The summed E-state index contributed by atoms with van der Waals surface area (Å²) >= 11 is 11.8. The van der Waals surface area contributed by atoms with Crippen molar-refractivity contribution >= 4 is 29.1 Å². The number of carbonyl (C=O) groups is 1. The van der Waals surface area contributed by atoms with Crippen molar-refractivity contribution in [1.82, 2.24) is 10.2 Å². The van der Waals surface area contributed by atoms with Crippen molar-refractivity contribution in [3.8, 4) is 0 Å². The predicted molar refractivity (Wildman–Crippen MR) is 88.2 cm³/mol. The van der Waals surface area contributed by atoms with Crippen LogP contribution in [0.1, 0.15) is 37.0 Å². The van der Waals surface area contributed by atoms with E-state index >= 15 is 0 Å². The number of rotatable bonds is 4. The number of halogens is 2. The van der Waals surface area contributed by atoms with E-state index in [9.17, 15) is 4.79 Å². The Hall–Kier alpha value is -0.770. The Morgan fingerprint density at radius 1 is 1.33 bits per heavy atom. The van der Waals surface area contributed by atoms with E-state index in [2.05, 4.69) is 24.1 Å². The van der Waals surface area contributed by atoms with Gasteiger partial charge in [-0.2, -0.15) is 0 Å². The van der Waals surface area contributed by atoms with Gasteiger partial charge in [-0.15, -0.1) is 0 Å². The third-order valence-corrected chi connectivity index (χ3v) is 4.92. The minimum absolute atomic E-state index is 0.106. The highest BCUT2D eigenvalue weighted by molar-refractivity contribution is 6.42. The van der Waals surface area contributed by atoms with Gasteiger partial charge in [0.1, 0.15) is 0 Å². The summed E-state index contributed by atoms with van der Waals surface area (Å²) in [6, 6.07) is 5.29. The van der Waals surface area contributed by atoms with Gasteiger partial charge in [0.2, 0.25) is 0 Å². The van der Waals surface area contributed by atoms with Crippen molar-refractivity contribution in [3.63, 3.8) is 0 Å². The number of hydrogen-bond donors (Lipinski definition) is 1. The zero-order valence-corrected chi connectivity index (χ0v) is 14.0. The highest BCUT2D eigenvalue weighted by Gasteiger charge is 2.20. The molecule has 1 aromatic carbocycles. The fourth-order valence-corrected chi connectivity index (χ4v) is 2.88. The largest absolute Gasteiger partial charge is 0.350 e. The van der Waals surface area contributed by atoms with Gasteiger partial charge in [-0.1, -0.05) is 30.1 Å². The SMILES string of the molecule is CC1CCN(C(C)CNC(=O)c2ccc(Cl)c(Cl)c2)CC1. The lowest BCUT2D eigenvalue weighted by atomic mass is 9.98. The molecule has 1 atom stereocenters. The molecule has 3 nitrogen and oxygen atoms in total. The summed E-state index contributed by atoms with van der Waals surface area (Å²) in [7, 11) is 0. The van der Waals surface area contributed by atoms with Crippen LogP contribution in [0.15, 0.2) is 18.2 Å². The molecule has 0 spiro atoms. The van der Waals surface area contributed by atoms with E-state index in [1.54, 1.807) is 18.2 Å². The van der Waals surface area contributed by atoms with Crippen LogP contribution >= 0.6 is 23.2 Å². The molecule has 1 unspecified atom stereocenters. The van der Waals surface area contributed by atoms with Crippen molar-refractivity contribution in [3.05, 3.63) is 33.8 Å². The lowest BCUT2D eigenvalue weighted by Crippen LogP contribution is -2.45. The first-order valence-corrected chi connectivity index (χ1v) is 8.20. The molecule has 1 aliphatic rings. The van der Waals surface area contributed by atoms with Crippen molar-refractivity contribution < 1.29 is 4.79 Å². The smallest absolute Gasteiger partial charge is 0.251 e. The molecule has 1 N–H and O–H groups in total. The maximum Gasteiger partial charge on any atom is 0.251 e. The number of amides is 1. The highest BCUT2D eigenvalue weighted by Crippen LogP contribution is 2.22. The average Bonchev–Trinajstić information content (AvgIpc) is 2.48. The molecule has 0 saturated carbocycles. The van der Waals surface area contributed by atoms with Crippen LogP contribution in [0.25, 0.3) is 0 Å². The van der Waals surface area contributed by atoms with Crippen LogP contribution in [-0.4, -0.2) is 36.5 Å².